The molecule has 48 valence electrons. The van der Waals surface area contributed by atoms with E-state index in [-0.39, 0.29) is 12.5 Å². The minimum atomic E-state index is -0.0675. The zero-order chi connectivity index (χ0) is 6.69. The van der Waals surface area contributed by atoms with Crippen LogP contribution in [0.25, 0.3) is 0 Å². The number of carbonyl (C=O) groups excluding carboxylic acids is 2. The van der Waals surface area contributed by atoms with Crippen molar-refractivity contribution in [3.8, 4) is 0 Å². The zero-order valence-corrected chi connectivity index (χ0v) is 4.91. The Morgan fingerprint density at radius 3 is 3.00 bits per heavy atom. The summed E-state index contributed by atoms with van der Waals surface area (Å²) in [5, 5.41) is 0. The van der Waals surface area contributed by atoms with Crippen molar-refractivity contribution in [1.29, 1.82) is 0 Å². The Hall–Kier alpha value is -1.12. The van der Waals surface area contributed by atoms with E-state index in [1.54, 1.807) is 6.08 Å². The molecule has 1 amide bonds. The summed E-state index contributed by atoms with van der Waals surface area (Å²) in [6, 6.07) is 0. The fourth-order valence-electron chi connectivity index (χ4n) is 0.731. The van der Waals surface area contributed by atoms with Gasteiger partial charge in [-0.25, -0.2) is 0 Å². The molecule has 0 aliphatic carbocycles. The third-order valence-electron chi connectivity index (χ3n) is 1.19. The molecule has 1 rings (SSSR count). The number of hydrogen-bond donors (Lipinski definition) is 0. The van der Waals surface area contributed by atoms with Gasteiger partial charge in [-0.05, 0) is 0 Å². The van der Waals surface area contributed by atoms with Crippen LogP contribution in [0.4, 0.5) is 0 Å². The van der Waals surface area contributed by atoms with Crippen molar-refractivity contribution in [1.82, 2.24) is 4.90 Å². The molecule has 0 saturated carbocycles. The number of nitrogens with zero attached hydrogens (tertiary/aromatic N) is 1. The van der Waals surface area contributed by atoms with Crippen molar-refractivity contribution in [3.05, 3.63) is 12.2 Å². The molecule has 3 heteroatoms. The summed E-state index contributed by atoms with van der Waals surface area (Å²) in [7, 11) is 0. The minimum Gasteiger partial charge on any atom is -0.328 e. The van der Waals surface area contributed by atoms with Crippen LogP contribution >= 0.6 is 0 Å². The molecule has 0 aromatic carbocycles. The highest BCUT2D eigenvalue weighted by Crippen LogP contribution is 1.97. The van der Waals surface area contributed by atoms with Gasteiger partial charge < -0.3 is 9.69 Å². The molecule has 0 atom stereocenters. The second kappa shape index (κ2) is 2.44. The maximum atomic E-state index is 10.6. The van der Waals surface area contributed by atoms with E-state index in [0.717, 1.165) is 6.29 Å². The Labute approximate surface area is 53.0 Å². The third-order valence-corrected chi connectivity index (χ3v) is 1.19. The lowest BCUT2D eigenvalue weighted by Gasteiger charge is -2.09. The number of hydrogen-bond acceptors (Lipinski definition) is 2. The molecule has 0 aromatic heterocycles. The Balaban J connectivity index is 2.45. The standard InChI is InChI=1S/C6H7NO2/c8-5-4-7-3-1-2-6(7)9/h1-2,5H,3-4H2. The number of rotatable bonds is 2. The van der Waals surface area contributed by atoms with E-state index >= 15 is 0 Å². The first-order valence-corrected chi connectivity index (χ1v) is 2.73. The Bertz CT molecular complexity index is 162. The highest BCUT2D eigenvalue weighted by atomic mass is 16.2. The molecule has 0 spiro atoms. The van der Waals surface area contributed by atoms with Crippen LogP contribution in [0.5, 0.6) is 0 Å². The van der Waals surface area contributed by atoms with Gasteiger partial charge in [0.25, 0.3) is 0 Å². The summed E-state index contributed by atoms with van der Waals surface area (Å²) in [5.41, 5.74) is 0. The zero-order valence-electron chi connectivity index (χ0n) is 4.91. The molecule has 0 saturated heterocycles. The second-order valence-electron chi connectivity index (χ2n) is 1.81. The lowest BCUT2D eigenvalue weighted by atomic mass is 10.5. The first kappa shape index (κ1) is 6.01. The first-order chi connectivity index (χ1) is 4.34. The van der Waals surface area contributed by atoms with E-state index in [1.165, 1.54) is 11.0 Å². The Morgan fingerprint density at radius 1 is 1.78 bits per heavy atom. The number of amides is 1. The summed E-state index contributed by atoms with van der Waals surface area (Å²) in [4.78, 5) is 22.0. The van der Waals surface area contributed by atoms with Crippen LogP contribution in [0.2, 0.25) is 0 Å². The van der Waals surface area contributed by atoms with Gasteiger partial charge in [-0.3, -0.25) is 4.79 Å². The van der Waals surface area contributed by atoms with Crippen molar-refractivity contribution >= 4 is 12.2 Å². The van der Waals surface area contributed by atoms with Gasteiger partial charge in [0.15, 0.2) is 0 Å². The maximum absolute atomic E-state index is 10.6. The lowest BCUT2D eigenvalue weighted by Crippen LogP contribution is -2.26. The Kier molecular flexibility index (Phi) is 1.63. The van der Waals surface area contributed by atoms with Crippen molar-refractivity contribution in [2.45, 2.75) is 0 Å². The van der Waals surface area contributed by atoms with E-state index in [0.29, 0.717) is 6.54 Å². The molecule has 3 nitrogen and oxygen atoms in total. The molecule has 1 aliphatic heterocycles. The smallest absolute Gasteiger partial charge is 0.246 e. The molecular weight excluding hydrogens is 118 g/mol. The normalized spacial score (nSPS) is 16.9. The van der Waals surface area contributed by atoms with Crippen molar-refractivity contribution in [2.75, 3.05) is 13.1 Å². The number of aldehydes is 1. The van der Waals surface area contributed by atoms with E-state index in [2.05, 4.69) is 0 Å². The highest BCUT2D eigenvalue weighted by Gasteiger charge is 2.12. The summed E-state index contributed by atoms with van der Waals surface area (Å²) < 4.78 is 0. The van der Waals surface area contributed by atoms with Crippen LogP contribution in [0, 0.1) is 0 Å². The van der Waals surface area contributed by atoms with Crippen molar-refractivity contribution < 1.29 is 9.59 Å². The van der Waals surface area contributed by atoms with E-state index in [9.17, 15) is 9.59 Å². The topological polar surface area (TPSA) is 37.4 Å². The summed E-state index contributed by atoms with van der Waals surface area (Å²) in [5.74, 6) is -0.0675. The third kappa shape index (κ3) is 1.16. The lowest BCUT2D eigenvalue weighted by molar-refractivity contribution is -0.126. The molecule has 0 aromatic rings. The molecule has 0 N–H and O–H groups in total. The largest absolute Gasteiger partial charge is 0.328 e. The summed E-state index contributed by atoms with van der Waals surface area (Å²) in [6.07, 6.45) is 3.94. The maximum Gasteiger partial charge on any atom is 0.246 e. The predicted octanol–water partition coefficient (Wildman–Crippen LogP) is -0.416. The SMILES string of the molecule is O=CCN1CC=CC1=O. The summed E-state index contributed by atoms with van der Waals surface area (Å²) in [6.45, 7) is 0.795. The van der Waals surface area contributed by atoms with Gasteiger partial charge in [-0.1, -0.05) is 6.08 Å². The quantitative estimate of drug-likeness (QED) is 0.470. The van der Waals surface area contributed by atoms with Gasteiger partial charge in [0.2, 0.25) is 5.91 Å². The average molecular weight is 125 g/mol. The highest BCUT2D eigenvalue weighted by molar-refractivity contribution is 5.91. The van der Waals surface area contributed by atoms with Gasteiger partial charge in [0, 0.05) is 12.6 Å². The van der Waals surface area contributed by atoms with Crippen LogP contribution in [0.3, 0.4) is 0 Å². The number of carbonyl (C=O) groups is 2. The minimum absolute atomic E-state index is 0.0675. The van der Waals surface area contributed by atoms with Gasteiger partial charge in [0.1, 0.15) is 6.29 Å². The molecular formula is C6H7NO2. The predicted molar refractivity (Wildman–Crippen MR) is 31.8 cm³/mol. The van der Waals surface area contributed by atoms with Gasteiger partial charge in [-0.2, -0.15) is 0 Å². The average Bonchev–Trinajstić information content (AvgIpc) is 2.18. The summed E-state index contributed by atoms with van der Waals surface area (Å²) >= 11 is 0. The van der Waals surface area contributed by atoms with Crippen molar-refractivity contribution in [2.24, 2.45) is 0 Å². The van der Waals surface area contributed by atoms with E-state index < -0.39 is 0 Å². The fraction of sp³-hybridized carbons (Fsp3) is 0.333. The van der Waals surface area contributed by atoms with Gasteiger partial charge >= 0.3 is 0 Å². The molecule has 0 bridgehead atoms. The molecule has 1 aliphatic rings. The molecule has 0 unspecified atom stereocenters. The van der Waals surface area contributed by atoms with Crippen LogP contribution in [0.15, 0.2) is 12.2 Å². The fourth-order valence-corrected chi connectivity index (χ4v) is 0.731. The van der Waals surface area contributed by atoms with Crippen LogP contribution in [-0.2, 0) is 9.59 Å². The van der Waals surface area contributed by atoms with E-state index in [4.69, 9.17) is 0 Å². The van der Waals surface area contributed by atoms with Gasteiger partial charge in [0.05, 0.1) is 6.54 Å². The first-order valence-electron chi connectivity index (χ1n) is 2.73. The van der Waals surface area contributed by atoms with E-state index in [1.807, 2.05) is 0 Å². The molecule has 1 heterocycles. The van der Waals surface area contributed by atoms with Crippen LogP contribution < -0.4 is 0 Å². The van der Waals surface area contributed by atoms with Gasteiger partial charge in [-0.15, -0.1) is 0 Å². The molecule has 0 fully saturated rings. The van der Waals surface area contributed by atoms with Crippen LogP contribution in [-0.4, -0.2) is 30.2 Å². The molecule has 9 heavy (non-hydrogen) atoms. The Morgan fingerprint density at radius 2 is 2.56 bits per heavy atom. The second-order valence-corrected chi connectivity index (χ2v) is 1.81. The monoisotopic (exact) mass is 125 g/mol. The molecule has 0 radical (unpaired) electrons. The van der Waals surface area contributed by atoms with Crippen molar-refractivity contribution in [3.63, 3.8) is 0 Å². The van der Waals surface area contributed by atoms with Crippen LogP contribution in [0.1, 0.15) is 0 Å².